The van der Waals surface area contributed by atoms with E-state index >= 15 is 0 Å². The molecular weight excluding hydrogens is 639 g/mol. The summed E-state index contributed by atoms with van der Waals surface area (Å²) in [6, 6.07) is 60.6. The summed E-state index contributed by atoms with van der Waals surface area (Å²) < 4.78 is 0.145. The fourth-order valence-electron chi connectivity index (χ4n) is 5.35. The number of nitrogens with one attached hydrogen (secondary N) is 1. The molecule has 8 nitrogen and oxygen atoms in total. The van der Waals surface area contributed by atoms with Crippen LogP contribution in [0.15, 0.2) is 203 Å². The third kappa shape index (κ3) is 6.82. The largest absolute Gasteiger partial charge is 1.00 e. The average molecular weight is 672 g/mol. The molecule has 0 radical (unpaired) electrons. The van der Waals surface area contributed by atoms with E-state index in [4.69, 9.17) is 5.10 Å². The second-order valence-corrected chi connectivity index (χ2v) is 10.5. The molecule has 0 spiro atoms. The minimum Gasteiger partial charge on any atom is -1.00 e. The maximum atomic E-state index is 4.75. The van der Waals surface area contributed by atoms with Crippen molar-refractivity contribution in [2.45, 2.75) is 0 Å². The van der Waals surface area contributed by atoms with Crippen LogP contribution < -0.4 is 32.7 Å². The molecule has 0 saturated heterocycles. The number of hydrazone groups is 1. The Labute approximate surface area is 292 Å². The number of hydrazine groups is 2. The van der Waals surface area contributed by atoms with Gasteiger partial charge in [-0.2, -0.15) is 10.2 Å². The van der Waals surface area contributed by atoms with Gasteiger partial charge in [0.05, 0.1) is 22.2 Å². The lowest BCUT2D eigenvalue weighted by atomic mass is 10.1. The Morgan fingerprint density at radius 2 is 0.896 bits per heavy atom. The van der Waals surface area contributed by atoms with Crippen molar-refractivity contribution in [2.24, 2.45) is 20.6 Å². The van der Waals surface area contributed by atoms with E-state index < -0.39 is 0 Å². The predicted octanol–water partition coefficient (Wildman–Crippen LogP) is 6.29. The molecule has 0 unspecified atom stereocenters. The lowest BCUT2D eigenvalue weighted by Crippen LogP contribution is -3.00. The van der Waals surface area contributed by atoms with Crippen molar-refractivity contribution in [2.75, 3.05) is 10.2 Å². The quantitative estimate of drug-likeness (QED) is 0.212. The SMILES string of the molecule is Cl.[Cl-].c1ccc(C2=NN(c3ccccc3)N(c3ccccc3)N2)cc1.c1ccc(C2=NN=N[N+]2(c2ccccc2)c2ccccc2)cc1. The van der Waals surface area contributed by atoms with Crippen molar-refractivity contribution in [3.05, 3.63) is 193 Å². The van der Waals surface area contributed by atoms with Crippen molar-refractivity contribution in [1.29, 1.82) is 0 Å². The molecule has 6 aromatic rings. The van der Waals surface area contributed by atoms with E-state index in [2.05, 4.69) is 45.2 Å². The smallest absolute Gasteiger partial charge is 0.294 e. The molecule has 6 aromatic carbocycles. The number of hydrogen-bond acceptors (Lipinski definition) is 7. The number of quaternary nitrogens is 1. The van der Waals surface area contributed by atoms with E-state index in [0.717, 1.165) is 45.5 Å². The molecule has 48 heavy (non-hydrogen) atoms. The predicted molar refractivity (Wildman–Crippen MR) is 193 cm³/mol. The van der Waals surface area contributed by atoms with Crippen LogP contribution in [0.4, 0.5) is 22.7 Å². The number of para-hydroxylation sites is 4. The molecule has 0 atom stereocenters. The van der Waals surface area contributed by atoms with Crippen LogP contribution in [0.1, 0.15) is 11.1 Å². The molecule has 0 bridgehead atoms. The maximum Gasteiger partial charge on any atom is 0.294 e. The van der Waals surface area contributed by atoms with Gasteiger partial charge in [-0.1, -0.05) is 131 Å². The molecule has 10 heteroatoms. The second kappa shape index (κ2) is 15.7. The minimum absolute atomic E-state index is 0. The van der Waals surface area contributed by atoms with Gasteiger partial charge in [0.2, 0.25) is 0 Å². The molecule has 0 saturated carbocycles. The standard InChI is InChI=1S/C19H15N4.C19H16N4.2ClH/c1-4-10-16(11-5-1)19-20-21-22-23(19,17-12-6-2-7-13-17)18-14-8-3-9-15-18;1-4-10-16(11-5-1)19-20-22(17-12-6-2-7-13-17)23(21-19)18-14-8-3-9-15-18;;/h1-15H;1-15H,(H,20,21);2*1H/q+1;;;/p-1. The molecule has 238 valence electrons. The first-order valence-electron chi connectivity index (χ1n) is 15.0. The Bertz CT molecular complexity index is 1920. The van der Waals surface area contributed by atoms with Gasteiger partial charge >= 0.3 is 0 Å². The highest BCUT2D eigenvalue weighted by atomic mass is 35.5. The Hall–Kier alpha value is -5.80. The Morgan fingerprint density at radius 1 is 0.479 bits per heavy atom. The number of nitrogens with zero attached hydrogens (tertiary/aromatic N) is 7. The zero-order chi connectivity index (χ0) is 31.0. The molecule has 1 N–H and O–H groups in total. The van der Waals surface area contributed by atoms with Crippen LogP contribution in [0.3, 0.4) is 0 Å². The van der Waals surface area contributed by atoms with Gasteiger partial charge in [0.15, 0.2) is 17.2 Å². The molecule has 2 heterocycles. The van der Waals surface area contributed by atoms with E-state index in [1.54, 1.807) is 0 Å². The lowest BCUT2D eigenvalue weighted by Gasteiger charge is -2.27. The highest BCUT2D eigenvalue weighted by Gasteiger charge is 2.45. The Morgan fingerprint density at radius 3 is 1.40 bits per heavy atom. The fraction of sp³-hybridized carbons (Fsp3) is 0. The number of halogens is 2. The molecule has 0 aromatic heterocycles. The summed E-state index contributed by atoms with van der Waals surface area (Å²) in [6.07, 6.45) is 0. The van der Waals surface area contributed by atoms with Crippen molar-refractivity contribution in [1.82, 2.24) is 10.0 Å². The summed E-state index contributed by atoms with van der Waals surface area (Å²) in [5.41, 5.74) is 9.45. The van der Waals surface area contributed by atoms with Gasteiger partial charge in [-0.3, -0.25) is 5.43 Å². The number of benzene rings is 6. The van der Waals surface area contributed by atoms with Crippen LogP contribution in [0.2, 0.25) is 0 Å². The van der Waals surface area contributed by atoms with E-state index in [0.29, 0.717) is 0 Å². The van der Waals surface area contributed by atoms with Crippen LogP contribution in [-0.2, 0) is 0 Å². The van der Waals surface area contributed by atoms with Crippen LogP contribution in [0.25, 0.3) is 0 Å². The molecule has 0 amide bonds. The Balaban J connectivity index is 0.000000180. The number of hydrogen-bond donors (Lipinski definition) is 1. The van der Waals surface area contributed by atoms with E-state index in [9.17, 15) is 0 Å². The van der Waals surface area contributed by atoms with Crippen molar-refractivity contribution < 1.29 is 12.4 Å². The molecule has 0 fully saturated rings. The summed E-state index contributed by atoms with van der Waals surface area (Å²) in [4.78, 5) is 0. The lowest BCUT2D eigenvalue weighted by molar-refractivity contribution is -0.00000918. The summed E-state index contributed by atoms with van der Waals surface area (Å²) in [6.45, 7) is 0. The van der Waals surface area contributed by atoms with Gasteiger partial charge in [0.25, 0.3) is 5.84 Å². The van der Waals surface area contributed by atoms with Gasteiger partial charge in [-0.25, -0.2) is 0 Å². The summed E-state index contributed by atoms with van der Waals surface area (Å²) in [5.74, 6) is 1.61. The third-order valence-electron chi connectivity index (χ3n) is 7.54. The normalized spacial score (nSPS) is 13.9. The second-order valence-electron chi connectivity index (χ2n) is 10.5. The van der Waals surface area contributed by atoms with Crippen LogP contribution in [0.5, 0.6) is 0 Å². The summed E-state index contributed by atoms with van der Waals surface area (Å²) >= 11 is 0. The van der Waals surface area contributed by atoms with Crippen LogP contribution in [-0.4, -0.2) is 11.7 Å². The Kier molecular flexibility index (Phi) is 11.0. The van der Waals surface area contributed by atoms with Gasteiger partial charge in [-0.15, -0.1) is 17.5 Å². The molecule has 8 rings (SSSR count). The number of rotatable bonds is 6. The van der Waals surface area contributed by atoms with Crippen molar-refractivity contribution in [3.63, 3.8) is 0 Å². The van der Waals surface area contributed by atoms with E-state index in [1.165, 1.54) is 0 Å². The van der Waals surface area contributed by atoms with Crippen LogP contribution in [0, 0.1) is 0 Å². The highest BCUT2D eigenvalue weighted by Crippen LogP contribution is 2.40. The first kappa shape index (κ1) is 33.6. The first-order valence-corrected chi connectivity index (χ1v) is 15.0. The third-order valence-corrected chi connectivity index (χ3v) is 7.54. The first-order chi connectivity index (χ1) is 22.8. The topological polar surface area (TPSA) is 67.9 Å². The number of amidine groups is 2. The molecule has 2 aliphatic heterocycles. The number of anilines is 2. The monoisotopic (exact) mass is 670 g/mol. The zero-order valence-corrected chi connectivity index (χ0v) is 27.3. The minimum atomic E-state index is 0. The van der Waals surface area contributed by atoms with Crippen molar-refractivity contribution >= 4 is 46.8 Å². The molecule has 0 aliphatic carbocycles. The summed E-state index contributed by atoms with van der Waals surface area (Å²) in [5, 5.41) is 21.5. The van der Waals surface area contributed by atoms with Gasteiger partial charge in [0, 0.05) is 35.1 Å². The molecular formula is C38H32Cl2N8. The van der Waals surface area contributed by atoms with E-state index in [-0.39, 0.29) is 29.4 Å². The van der Waals surface area contributed by atoms with Crippen LogP contribution >= 0.6 is 12.4 Å². The fourth-order valence-corrected chi connectivity index (χ4v) is 5.35. The van der Waals surface area contributed by atoms with Gasteiger partial charge < -0.3 is 12.4 Å². The van der Waals surface area contributed by atoms with Gasteiger partial charge in [0.1, 0.15) is 0 Å². The highest BCUT2D eigenvalue weighted by molar-refractivity contribution is 6.10. The van der Waals surface area contributed by atoms with Gasteiger partial charge in [-0.05, 0) is 36.4 Å². The van der Waals surface area contributed by atoms with E-state index in [1.807, 2.05) is 168 Å². The average Bonchev–Trinajstić information content (AvgIpc) is 3.81. The zero-order valence-electron chi connectivity index (χ0n) is 25.7. The summed E-state index contributed by atoms with van der Waals surface area (Å²) in [7, 11) is 0. The molecule has 2 aliphatic rings. The maximum absolute atomic E-state index is 4.75. The van der Waals surface area contributed by atoms with Crippen molar-refractivity contribution in [3.8, 4) is 0 Å².